The van der Waals surface area contributed by atoms with Crippen molar-refractivity contribution in [1.82, 2.24) is 9.88 Å². The minimum Gasteiger partial charge on any atom is -0.379 e. The molecule has 1 saturated heterocycles. The number of nitrogens with two attached hydrogens (primary N) is 1. The highest BCUT2D eigenvalue weighted by Gasteiger charge is 2.56. The van der Waals surface area contributed by atoms with Gasteiger partial charge in [0.1, 0.15) is 0 Å². The van der Waals surface area contributed by atoms with Gasteiger partial charge in [0.05, 0.1) is 23.7 Å². The molecule has 0 bridgehead atoms. The van der Waals surface area contributed by atoms with Crippen LogP contribution in [0, 0.1) is 17.3 Å². The summed E-state index contributed by atoms with van der Waals surface area (Å²) in [4.78, 5) is 19.7. The molecule has 1 aliphatic carbocycles. The highest BCUT2D eigenvalue weighted by atomic mass is 19.4. The lowest BCUT2D eigenvalue weighted by molar-refractivity contribution is -0.146. The normalized spacial score (nSPS) is 32.8. The minimum absolute atomic E-state index is 0.0210. The van der Waals surface area contributed by atoms with Gasteiger partial charge >= 0.3 is 6.18 Å². The molecule has 2 aliphatic heterocycles. The topological polar surface area (TPSA) is 77.7 Å². The van der Waals surface area contributed by atoms with Crippen LogP contribution in [0.25, 0.3) is 0 Å². The lowest BCUT2D eigenvalue weighted by Crippen LogP contribution is -2.61. The average Bonchev–Trinajstić information content (AvgIpc) is 3.25. The lowest BCUT2D eigenvalue weighted by Gasteiger charge is -2.45. The number of ether oxygens (including phenoxy) is 2. The molecule has 3 aliphatic rings. The number of alkyl halides is 3. The Balaban J connectivity index is 1.56. The fourth-order valence-corrected chi connectivity index (χ4v) is 6.08. The van der Waals surface area contributed by atoms with Crippen molar-refractivity contribution in [2.24, 2.45) is 23.0 Å². The number of carbonyl (C=O) groups is 1. The van der Waals surface area contributed by atoms with Gasteiger partial charge in [-0.05, 0) is 49.1 Å². The first-order valence-electron chi connectivity index (χ1n) is 11.7. The van der Waals surface area contributed by atoms with Gasteiger partial charge < -0.3 is 20.1 Å². The standard InChI is InChI=1S/C24H34F3N3O3/c1-15(2)22(6-4-17(11-22)23(28)7-9-33-14-20(23)32-3)21(31)30-8-5-19-16(13-30)10-18(12-29-19)24(25,26)27/h10,12,15,17,20H,4-9,11,13-14,28H2,1-3H3/t17-,20-,22?,23+/m1/s1. The molecule has 1 unspecified atom stereocenters. The molecule has 6 nitrogen and oxygen atoms in total. The predicted molar refractivity (Wildman–Crippen MR) is 116 cm³/mol. The van der Waals surface area contributed by atoms with Gasteiger partial charge in [-0.15, -0.1) is 0 Å². The van der Waals surface area contributed by atoms with Crippen LogP contribution in [0.3, 0.4) is 0 Å². The smallest absolute Gasteiger partial charge is 0.379 e. The highest BCUT2D eigenvalue weighted by molar-refractivity contribution is 5.83. The number of aromatic nitrogens is 1. The maximum Gasteiger partial charge on any atom is 0.417 e. The molecule has 0 spiro atoms. The number of nitrogens with zero attached hydrogens (tertiary/aromatic N) is 2. The quantitative estimate of drug-likeness (QED) is 0.730. The van der Waals surface area contributed by atoms with Crippen molar-refractivity contribution in [3.8, 4) is 0 Å². The number of pyridine rings is 1. The fraction of sp³-hybridized carbons (Fsp3) is 0.750. The Labute approximate surface area is 193 Å². The summed E-state index contributed by atoms with van der Waals surface area (Å²) in [5, 5.41) is 0. The summed E-state index contributed by atoms with van der Waals surface area (Å²) in [7, 11) is 1.64. The number of halogens is 3. The second-order valence-electron chi connectivity index (χ2n) is 10.2. The molecule has 1 saturated carbocycles. The molecule has 184 valence electrons. The first-order valence-corrected chi connectivity index (χ1v) is 11.7. The third-order valence-corrected chi connectivity index (χ3v) is 8.33. The van der Waals surface area contributed by atoms with Crippen LogP contribution < -0.4 is 5.73 Å². The molecule has 9 heteroatoms. The van der Waals surface area contributed by atoms with E-state index in [9.17, 15) is 18.0 Å². The van der Waals surface area contributed by atoms with Crippen LogP contribution in [0.4, 0.5) is 13.2 Å². The number of hydrogen-bond donors (Lipinski definition) is 1. The van der Waals surface area contributed by atoms with Gasteiger partial charge in [0.15, 0.2) is 0 Å². The van der Waals surface area contributed by atoms with Crippen molar-refractivity contribution in [2.75, 3.05) is 26.9 Å². The number of methoxy groups -OCH3 is 1. The Kier molecular flexibility index (Phi) is 6.52. The van der Waals surface area contributed by atoms with Crippen molar-refractivity contribution in [2.45, 2.75) is 70.3 Å². The van der Waals surface area contributed by atoms with Crippen LogP contribution in [-0.4, -0.2) is 54.3 Å². The van der Waals surface area contributed by atoms with Gasteiger partial charge in [0.25, 0.3) is 0 Å². The lowest BCUT2D eigenvalue weighted by atomic mass is 9.69. The summed E-state index contributed by atoms with van der Waals surface area (Å²) in [6.07, 6.45) is -0.453. The van der Waals surface area contributed by atoms with Gasteiger partial charge in [-0.25, -0.2) is 0 Å². The molecule has 4 atom stereocenters. The first-order chi connectivity index (χ1) is 15.5. The number of amides is 1. The molecule has 3 heterocycles. The summed E-state index contributed by atoms with van der Waals surface area (Å²) in [6.45, 7) is 5.76. The molecule has 2 fully saturated rings. The van der Waals surface area contributed by atoms with Gasteiger partial charge in [-0.2, -0.15) is 13.2 Å². The molecule has 2 N–H and O–H groups in total. The van der Waals surface area contributed by atoms with Crippen LogP contribution in [0.2, 0.25) is 0 Å². The zero-order chi connectivity index (χ0) is 24.0. The zero-order valence-corrected chi connectivity index (χ0v) is 19.6. The summed E-state index contributed by atoms with van der Waals surface area (Å²) >= 11 is 0. The third kappa shape index (κ3) is 4.28. The van der Waals surface area contributed by atoms with E-state index in [2.05, 4.69) is 18.8 Å². The van der Waals surface area contributed by atoms with E-state index in [0.717, 1.165) is 18.7 Å². The molecule has 0 aromatic carbocycles. The Bertz CT molecular complexity index is 893. The molecule has 0 radical (unpaired) electrons. The molecular formula is C24H34F3N3O3. The first kappa shape index (κ1) is 24.4. The van der Waals surface area contributed by atoms with Crippen molar-refractivity contribution in [3.63, 3.8) is 0 Å². The summed E-state index contributed by atoms with van der Waals surface area (Å²) in [5.74, 6) is 0.224. The SMILES string of the molecule is CO[C@@H]1COCC[C@]1(N)[C@@H]1CCC(C(=O)N2CCc3ncc(C(F)(F)F)cc3C2)(C(C)C)C1. The maximum atomic E-state index is 13.9. The Morgan fingerprint density at radius 2 is 2.12 bits per heavy atom. The number of rotatable bonds is 4. The van der Waals surface area contributed by atoms with Crippen LogP contribution in [0.1, 0.15) is 56.4 Å². The molecular weight excluding hydrogens is 435 g/mol. The van der Waals surface area contributed by atoms with Crippen molar-refractivity contribution < 1.29 is 27.4 Å². The van der Waals surface area contributed by atoms with Gasteiger partial charge in [-0.1, -0.05) is 13.8 Å². The summed E-state index contributed by atoms with van der Waals surface area (Å²) < 4.78 is 50.8. The number of carbonyl (C=O) groups excluding carboxylic acids is 1. The van der Waals surface area contributed by atoms with Gasteiger partial charge in [-0.3, -0.25) is 9.78 Å². The molecule has 1 amide bonds. The highest BCUT2D eigenvalue weighted by Crippen LogP contribution is 2.53. The summed E-state index contributed by atoms with van der Waals surface area (Å²) in [5.41, 5.74) is 6.11. The Morgan fingerprint density at radius 3 is 2.79 bits per heavy atom. The molecule has 4 rings (SSSR count). The predicted octanol–water partition coefficient (Wildman–Crippen LogP) is 3.56. The molecule has 1 aromatic heterocycles. The van der Waals surface area contributed by atoms with E-state index in [0.29, 0.717) is 56.7 Å². The fourth-order valence-electron chi connectivity index (χ4n) is 6.08. The van der Waals surface area contributed by atoms with E-state index in [4.69, 9.17) is 15.2 Å². The average molecular weight is 470 g/mol. The largest absolute Gasteiger partial charge is 0.417 e. The monoisotopic (exact) mass is 469 g/mol. The van der Waals surface area contributed by atoms with E-state index >= 15 is 0 Å². The zero-order valence-electron chi connectivity index (χ0n) is 19.6. The maximum absolute atomic E-state index is 13.9. The number of hydrogen-bond acceptors (Lipinski definition) is 5. The van der Waals surface area contributed by atoms with Crippen LogP contribution in [-0.2, 0) is 33.4 Å². The third-order valence-electron chi connectivity index (χ3n) is 8.33. The van der Waals surface area contributed by atoms with E-state index < -0.39 is 22.7 Å². The Hall–Kier alpha value is -1.71. The van der Waals surface area contributed by atoms with Gasteiger partial charge in [0, 0.05) is 50.7 Å². The van der Waals surface area contributed by atoms with Crippen molar-refractivity contribution in [1.29, 1.82) is 0 Å². The minimum atomic E-state index is -4.46. The summed E-state index contributed by atoms with van der Waals surface area (Å²) in [6, 6.07) is 1.14. The van der Waals surface area contributed by atoms with E-state index in [-0.39, 0.29) is 30.4 Å². The van der Waals surface area contributed by atoms with E-state index in [1.165, 1.54) is 0 Å². The second kappa shape index (κ2) is 8.82. The molecule has 33 heavy (non-hydrogen) atoms. The van der Waals surface area contributed by atoms with Crippen molar-refractivity contribution >= 4 is 5.91 Å². The van der Waals surface area contributed by atoms with Crippen molar-refractivity contribution in [3.05, 3.63) is 29.1 Å². The van der Waals surface area contributed by atoms with Crippen LogP contribution in [0.5, 0.6) is 0 Å². The Morgan fingerprint density at radius 1 is 1.36 bits per heavy atom. The second-order valence-corrected chi connectivity index (χ2v) is 10.2. The molecule has 1 aromatic rings. The number of fused-ring (bicyclic) bond motifs is 1. The van der Waals surface area contributed by atoms with Crippen LogP contribution >= 0.6 is 0 Å². The van der Waals surface area contributed by atoms with Crippen LogP contribution in [0.15, 0.2) is 12.3 Å². The van der Waals surface area contributed by atoms with E-state index in [1.54, 1.807) is 12.0 Å². The van der Waals surface area contributed by atoms with E-state index in [1.807, 2.05) is 0 Å². The van der Waals surface area contributed by atoms with Gasteiger partial charge in [0.2, 0.25) is 5.91 Å².